The summed E-state index contributed by atoms with van der Waals surface area (Å²) in [6.45, 7) is 0. The second kappa shape index (κ2) is 28.7. The molecule has 402 valence electrons. The number of carboxylic acids is 4. The van der Waals surface area contributed by atoms with E-state index < -0.39 is 67.1 Å². The summed E-state index contributed by atoms with van der Waals surface area (Å²) in [5.41, 5.74) is 7.12. The van der Waals surface area contributed by atoms with Crippen LogP contribution in [0.2, 0.25) is 0 Å². The van der Waals surface area contributed by atoms with Gasteiger partial charge in [-0.3, -0.25) is 16.8 Å². The van der Waals surface area contributed by atoms with Gasteiger partial charge in [0.05, 0.1) is 44.5 Å². The summed E-state index contributed by atoms with van der Waals surface area (Å²) in [6, 6.07) is 40.3. The molecule has 8 bridgehead atoms. The summed E-state index contributed by atoms with van der Waals surface area (Å²) in [6.07, 6.45) is 13.1. The molecule has 0 unspecified atom stereocenters. The quantitative estimate of drug-likeness (QED) is 0.0913. The molecule has 0 fully saturated rings. The number of benzene rings is 4. The SMILES string of the molecule is CS(C)=O.CS(C)=O.CS(C)=O.CS(C)=O.O=C(O)c1ccc([C+]2c3ccc([n-]3)[C+](c3ccc(C(=O)O)cc3)c3ccc([n-]3)[C+](c3ccc(C(=O)O)cc3)c3ccc([n-]3)[C+](c3ccc(C(=O)O)cc3)c3ccc2[n-]3)cc1.[Pd]. The van der Waals surface area contributed by atoms with Crippen LogP contribution in [0.5, 0.6) is 0 Å². The molecule has 21 heteroatoms. The average molecular weight is 1210 g/mol. The molecule has 4 N–H and O–H groups in total. The Kier molecular flexibility index (Phi) is 23.1. The molecular weight excluding hydrogens is 1160 g/mol. The first-order chi connectivity index (χ1) is 35.9. The Hall–Kier alpha value is -7.38. The molecule has 16 nitrogen and oxygen atoms in total. The first-order valence-electron chi connectivity index (χ1n) is 22.4. The molecular formula is C56H52N4O12PdS4. The number of aromatic nitrogens is 4. The van der Waals surface area contributed by atoms with Crippen molar-refractivity contribution in [3.05, 3.63) is 259 Å². The van der Waals surface area contributed by atoms with E-state index in [9.17, 15) is 56.4 Å². The number of hydrogen-bond donors (Lipinski definition) is 4. The standard InChI is InChI=1S/C48H28N4O8.4C2H6OS.Pd/c53-45(54)29-9-1-25(2-10-29)41-33-17-19-35(49-33)42(26-3-11-30(12-4-26)46(55)56)37-21-23-39(51-37)44(28-7-15-32(16-8-28)48(59)60)40-24-22-38(52-40)43(36-20-18-34(41)50-36)27-5-13-31(14-6-27)47(57)58;4*1-4(2)3;/h1-24H,(H,53,54)(H,55,56)(H,57,58)(H,59,60);4*1-2H3;. The van der Waals surface area contributed by atoms with Crippen LogP contribution in [-0.2, 0) is 63.6 Å². The molecule has 9 rings (SSSR count). The topological polar surface area (TPSA) is 274 Å². The smallest absolute Gasteiger partial charge is 0.337 e. The maximum atomic E-state index is 11.8. The van der Waals surface area contributed by atoms with Crippen LogP contribution in [-0.4, -0.2) is 111 Å². The Morgan fingerprint density at radius 3 is 0.506 bits per heavy atom. The second-order valence-corrected chi connectivity index (χ2v) is 22.8. The first-order valence-corrected chi connectivity index (χ1v) is 30.2. The van der Waals surface area contributed by atoms with E-state index in [1.54, 1.807) is 98.6 Å². The van der Waals surface area contributed by atoms with E-state index >= 15 is 0 Å². The van der Waals surface area contributed by atoms with Crippen molar-refractivity contribution in [3.8, 4) is 0 Å². The van der Waals surface area contributed by atoms with Crippen molar-refractivity contribution in [1.82, 2.24) is 19.9 Å². The molecule has 1 aliphatic heterocycles. The molecule has 0 saturated carbocycles. The van der Waals surface area contributed by atoms with Gasteiger partial charge in [-0.05, 0) is 94.1 Å². The van der Waals surface area contributed by atoms with Crippen molar-refractivity contribution >= 4 is 67.1 Å². The van der Waals surface area contributed by atoms with Crippen LogP contribution in [0.4, 0.5) is 0 Å². The maximum absolute atomic E-state index is 11.8. The summed E-state index contributed by atoms with van der Waals surface area (Å²) >= 11 is 0. The normalized spacial score (nSPS) is 11.5. The minimum atomic E-state index is -1.07. The minimum Gasteiger partial charge on any atom is -0.628 e. The van der Waals surface area contributed by atoms with Crippen molar-refractivity contribution in [2.24, 2.45) is 0 Å². The second-order valence-electron chi connectivity index (χ2n) is 16.9. The molecule has 1 aliphatic rings. The Morgan fingerprint density at radius 2 is 0.403 bits per heavy atom. The molecule has 0 spiro atoms. The predicted molar refractivity (Wildman–Crippen MR) is 295 cm³/mol. The molecule has 77 heavy (non-hydrogen) atoms. The molecule has 0 radical (unpaired) electrons. The largest absolute Gasteiger partial charge is 0.628 e. The number of nitrogens with zero attached hydrogens (tertiary/aromatic N) is 4. The van der Waals surface area contributed by atoms with Crippen molar-refractivity contribution in [1.29, 1.82) is 0 Å². The van der Waals surface area contributed by atoms with Gasteiger partial charge in [0.2, 0.25) is 0 Å². The fourth-order valence-corrected chi connectivity index (χ4v) is 7.39. The minimum absolute atomic E-state index is 0. The third-order valence-electron chi connectivity index (χ3n) is 10.3. The Labute approximate surface area is 470 Å². The molecule has 0 amide bonds. The van der Waals surface area contributed by atoms with E-state index in [2.05, 4.69) is 0 Å². The number of rotatable bonds is 8. The zero-order chi connectivity index (χ0) is 56.0. The Balaban J connectivity index is 0.000000666. The molecule has 0 aliphatic carbocycles. The molecule has 5 heterocycles. The Morgan fingerprint density at radius 1 is 0.286 bits per heavy atom. The third kappa shape index (κ3) is 17.3. The van der Waals surface area contributed by atoms with E-state index in [0.29, 0.717) is 91.5 Å². The molecule has 4 aromatic carbocycles. The van der Waals surface area contributed by atoms with Gasteiger partial charge in [-0.25, -0.2) is 19.2 Å². The van der Waals surface area contributed by atoms with Gasteiger partial charge >= 0.3 is 23.9 Å². The van der Waals surface area contributed by atoms with Gasteiger partial charge in [0, 0.05) is 234 Å². The monoisotopic (exact) mass is 1210 g/mol. The predicted octanol–water partition coefficient (Wildman–Crippen LogP) is 6.67. The van der Waals surface area contributed by atoms with E-state index in [4.69, 9.17) is 19.9 Å². The van der Waals surface area contributed by atoms with Gasteiger partial charge in [-0.1, -0.05) is 0 Å². The fraction of sp³-hybridized carbons (Fsp3) is 0.143. The van der Waals surface area contributed by atoms with Crippen LogP contribution in [0.15, 0.2) is 146 Å². The molecule has 0 atom stereocenters. The van der Waals surface area contributed by atoms with Crippen molar-refractivity contribution < 1.29 is 76.9 Å². The van der Waals surface area contributed by atoms with Crippen molar-refractivity contribution in [3.63, 3.8) is 0 Å². The van der Waals surface area contributed by atoms with Crippen LogP contribution in [0.3, 0.4) is 0 Å². The summed E-state index contributed by atoms with van der Waals surface area (Å²) < 4.78 is 38.2. The van der Waals surface area contributed by atoms with E-state index in [1.165, 1.54) is 48.5 Å². The maximum Gasteiger partial charge on any atom is 0.337 e. The summed E-state index contributed by atoms with van der Waals surface area (Å²) in [7, 11) is -2.44. The third-order valence-corrected chi connectivity index (χ3v) is 10.3. The van der Waals surface area contributed by atoms with Gasteiger partial charge in [0.1, 0.15) is 0 Å². The summed E-state index contributed by atoms with van der Waals surface area (Å²) in [5.74, 6) is -1.89. The number of aromatic carboxylic acids is 4. The zero-order valence-electron chi connectivity index (χ0n) is 42.6. The van der Waals surface area contributed by atoms with Gasteiger partial charge in [0.15, 0.2) is 0 Å². The first kappa shape index (κ1) is 62.2. The van der Waals surface area contributed by atoms with Gasteiger partial charge in [-0.15, -0.1) is 0 Å². The van der Waals surface area contributed by atoms with E-state index in [-0.39, 0.29) is 42.7 Å². The van der Waals surface area contributed by atoms with E-state index in [1.807, 2.05) is 48.5 Å². The van der Waals surface area contributed by atoms with E-state index in [0.717, 1.165) is 0 Å². The molecule has 4 aromatic heterocycles. The zero-order valence-corrected chi connectivity index (χ0v) is 47.5. The van der Waals surface area contributed by atoms with Crippen molar-refractivity contribution in [2.75, 3.05) is 50.0 Å². The van der Waals surface area contributed by atoms with Crippen molar-refractivity contribution in [2.45, 2.75) is 0 Å². The number of carbonyl (C=O) groups is 4. The Bertz CT molecular complexity index is 2830. The number of carboxylic acid groups (broad SMARTS) is 4. The van der Waals surface area contributed by atoms with Crippen LogP contribution in [0.1, 0.15) is 109 Å². The van der Waals surface area contributed by atoms with Gasteiger partial charge < -0.3 is 40.4 Å². The molecule has 8 aromatic rings. The van der Waals surface area contributed by atoms with Gasteiger partial charge in [-0.2, -0.15) is 0 Å². The summed E-state index contributed by atoms with van der Waals surface area (Å²) in [5, 5.41) is 38.7. The van der Waals surface area contributed by atoms with Gasteiger partial charge in [0.25, 0.3) is 0 Å². The molecule has 0 saturated heterocycles. The van der Waals surface area contributed by atoms with Crippen LogP contribution in [0, 0.1) is 23.7 Å². The number of fused-ring (bicyclic) bond motifs is 8. The van der Waals surface area contributed by atoms with Crippen LogP contribution < -0.4 is 19.9 Å². The average Bonchev–Trinajstić information content (AvgIpc) is 4.22. The van der Waals surface area contributed by atoms with Crippen LogP contribution in [0.25, 0.3) is 0 Å². The van der Waals surface area contributed by atoms with Crippen LogP contribution >= 0.6 is 0 Å². The number of hydrogen-bond acceptors (Lipinski definition) is 8. The fourth-order valence-electron chi connectivity index (χ4n) is 7.39. The summed E-state index contributed by atoms with van der Waals surface area (Å²) in [4.78, 5) is 67.8.